The van der Waals surface area contributed by atoms with E-state index in [9.17, 15) is 4.79 Å². The van der Waals surface area contributed by atoms with Gasteiger partial charge in [-0.3, -0.25) is 4.79 Å². The normalized spacial score (nSPS) is 20.2. The number of hydrogen-bond acceptors (Lipinski definition) is 5. The summed E-state index contributed by atoms with van der Waals surface area (Å²) in [5.41, 5.74) is 1.94. The maximum Gasteiger partial charge on any atom is 0.273 e. The van der Waals surface area contributed by atoms with Crippen molar-refractivity contribution in [2.75, 3.05) is 13.1 Å². The fourth-order valence-electron chi connectivity index (χ4n) is 3.19. The molecule has 7 heteroatoms. The number of rotatable bonds is 5. The number of carbonyl (C=O) groups excluding carboxylic acids is 1. The first-order valence-corrected chi connectivity index (χ1v) is 9.16. The molecule has 0 saturated carbocycles. The van der Waals surface area contributed by atoms with Crippen LogP contribution in [0.2, 0.25) is 0 Å². The van der Waals surface area contributed by atoms with Crippen molar-refractivity contribution in [2.24, 2.45) is 5.92 Å². The summed E-state index contributed by atoms with van der Waals surface area (Å²) in [5, 5.41) is 14.7. The van der Waals surface area contributed by atoms with Crippen LogP contribution in [0.1, 0.15) is 43.4 Å². The number of benzene rings is 1. The number of ether oxygens (including phenoxy) is 1. The smallest absolute Gasteiger partial charge is 0.273 e. The molecular formula is C19H27N5O2. The zero-order valence-corrected chi connectivity index (χ0v) is 15.8. The predicted molar refractivity (Wildman–Crippen MR) is 99.8 cm³/mol. The largest absolute Gasteiger partial charge is 0.491 e. The highest BCUT2D eigenvalue weighted by molar-refractivity contribution is 5.93. The van der Waals surface area contributed by atoms with E-state index in [2.05, 4.69) is 27.9 Å². The summed E-state index contributed by atoms with van der Waals surface area (Å²) < 4.78 is 7.34. The standard InChI is InChI=1S/C19H27N5O2/c1-12(2)26-16-7-5-15(6-8-16)24-14(4)18(22-23-24)19(25)21-17-9-10-20-11-13(17)3/h5-8,12-13,17,20H,9-11H2,1-4H3,(H,21,25). The van der Waals surface area contributed by atoms with Crippen molar-refractivity contribution in [3.05, 3.63) is 35.7 Å². The first kappa shape index (κ1) is 18.4. The number of piperidine rings is 1. The Morgan fingerprint density at radius 3 is 2.73 bits per heavy atom. The van der Waals surface area contributed by atoms with Gasteiger partial charge >= 0.3 is 0 Å². The van der Waals surface area contributed by atoms with E-state index in [0.717, 1.165) is 36.6 Å². The van der Waals surface area contributed by atoms with E-state index in [1.165, 1.54) is 0 Å². The summed E-state index contributed by atoms with van der Waals surface area (Å²) in [6, 6.07) is 7.78. The molecule has 2 unspecified atom stereocenters. The van der Waals surface area contributed by atoms with Crippen LogP contribution in [0.3, 0.4) is 0 Å². The van der Waals surface area contributed by atoms with E-state index in [1.54, 1.807) is 4.68 Å². The lowest BCUT2D eigenvalue weighted by atomic mass is 9.95. The highest BCUT2D eigenvalue weighted by Gasteiger charge is 2.25. The molecule has 1 fully saturated rings. The number of nitrogens with zero attached hydrogens (tertiary/aromatic N) is 3. The summed E-state index contributed by atoms with van der Waals surface area (Å²) in [4.78, 5) is 12.6. The average Bonchev–Trinajstić information content (AvgIpc) is 2.99. The Kier molecular flexibility index (Phi) is 5.56. The maximum atomic E-state index is 12.6. The van der Waals surface area contributed by atoms with Crippen molar-refractivity contribution in [3.63, 3.8) is 0 Å². The van der Waals surface area contributed by atoms with Gasteiger partial charge in [0.25, 0.3) is 5.91 Å². The van der Waals surface area contributed by atoms with Gasteiger partial charge in [0.2, 0.25) is 0 Å². The molecule has 1 aliphatic heterocycles. The highest BCUT2D eigenvalue weighted by atomic mass is 16.5. The van der Waals surface area contributed by atoms with Gasteiger partial charge in [0.05, 0.1) is 17.5 Å². The van der Waals surface area contributed by atoms with Crippen LogP contribution in [0.15, 0.2) is 24.3 Å². The summed E-state index contributed by atoms with van der Waals surface area (Å²) in [5.74, 6) is 1.04. The molecule has 1 aromatic carbocycles. The fourth-order valence-corrected chi connectivity index (χ4v) is 3.19. The van der Waals surface area contributed by atoms with Crippen molar-refractivity contribution in [1.82, 2.24) is 25.6 Å². The van der Waals surface area contributed by atoms with Gasteiger partial charge in [-0.2, -0.15) is 0 Å². The molecule has 7 nitrogen and oxygen atoms in total. The van der Waals surface area contributed by atoms with Gasteiger partial charge in [-0.05, 0) is 70.5 Å². The molecular weight excluding hydrogens is 330 g/mol. The Hall–Kier alpha value is -2.41. The second-order valence-electron chi connectivity index (χ2n) is 7.15. The third kappa shape index (κ3) is 4.04. The molecule has 1 amide bonds. The lowest BCUT2D eigenvalue weighted by Crippen LogP contribution is -2.48. The van der Waals surface area contributed by atoms with Gasteiger partial charge in [-0.15, -0.1) is 5.10 Å². The number of aromatic nitrogens is 3. The molecule has 0 bridgehead atoms. The van der Waals surface area contributed by atoms with Crippen LogP contribution >= 0.6 is 0 Å². The summed E-state index contributed by atoms with van der Waals surface area (Å²) in [6.45, 7) is 9.82. The van der Waals surface area contributed by atoms with E-state index in [1.807, 2.05) is 45.0 Å². The third-order valence-electron chi connectivity index (χ3n) is 4.66. The summed E-state index contributed by atoms with van der Waals surface area (Å²) in [7, 11) is 0. The number of amides is 1. The van der Waals surface area contributed by atoms with Gasteiger partial charge in [-0.1, -0.05) is 12.1 Å². The molecule has 1 aromatic heterocycles. The second-order valence-corrected chi connectivity index (χ2v) is 7.15. The van der Waals surface area contributed by atoms with Gasteiger partial charge in [0, 0.05) is 6.04 Å². The number of carbonyl (C=O) groups is 1. The zero-order chi connectivity index (χ0) is 18.7. The monoisotopic (exact) mass is 357 g/mol. The first-order chi connectivity index (χ1) is 12.5. The van der Waals surface area contributed by atoms with Crippen molar-refractivity contribution in [3.8, 4) is 11.4 Å². The van der Waals surface area contributed by atoms with Gasteiger partial charge in [0.1, 0.15) is 5.75 Å². The summed E-state index contributed by atoms with van der Waals surface area (Å²) in [6.07, 6.45) is 1.05. The Balaban J connectivity index is 1.73. The Labute approximate surface area is 154 Å². The SMILES string of the molecule is Cc1c(C(=O)NC2CCNCC2C)nnn1-c1ccc(OC(C)C)cc1. The second kappa shape index (κ2) is 7.86. The van der Waals surface area contributed by atoms with E-state index >= 15 is 0 Å². The van der Waals surface area contributed by atoms with Crippen molar-refractivity contribution in [1.29, 1.82) is 0 Å². The van der Waals surface area contributed by atoms with Crippen LogP contribution in [0.5, 0.6) is 5.75 Å². The van der Waals surface area contributed by atoms with E-state index < -0.39 is 0 Å². The van der Waals surface area contributed by atoms with Crippen LogP contribution in [-0.4, -0.2) is 46.1 Å². The fraction of sp³-hybridized carbons (Fsp3) is 0.526. The van der Waals surface area contributed by atoms with Crippen molar-refractivity contribution >= 4 is 5.91 Å². The molecule has 2 heterocycles. The Morgan fingerprint density at radius 2 is 2.08 bits per heavy atom. The Bertz CT molecular complexity index is 754. The molecule has 0 radical (unpaired) electrons. The predicted octanol–water partition coefficient (Wildman–Crippen LogP) is 2.09. The van der Waals surface area contributed by atoms with E-state index in [0.29, 0.717) is 11.6 Å². The van der Waals surface area contributed by atoms with Crippen LogP contribution in [0.4, 0.5) is 0 Å². The van der Waals surface area contributed by atoms with Crippen LogP contribution in [-0.2, 0) is 0 Å². The molecule has 26 heavy (non-hydrogen) atoms. The quantitative estimate of drug-likeness (QED) is 0.856. The third-order valence-corrected chi connectivity index (χ3v) is 4.66. The van der Waals surface area contributed by atoms with Crippen LogP contribution in [0, 0.1) is 12.8 Å². The molecule has 3 rings (SSSR count). The average molecular weight is 357 g/mol. The minimum atomic E-state index is -0.160. The molecule has 2 N–H and O–H groups in total. The maximum absolute atomic E-state index is 12.6. The molecule has 0 aliphatic carbocycles. The lowest BCUT2D eigenvalue weighted by Gasteiger charge is -2.29. The van der Waals surface area contributed by atoms with Crippen LogP contribution in [0.25, 0.3) is 5.69 Å². The van der Waals surface area contributed by atoms with Crippen molar-refractivity contribution < 1.29 is 9.53 Å². The topological polar surface area (TPSA) is 81.1 Å². The minimum Gasteiger partial charge on any atom is -0.491 e. The van der Waals surface area contributed by atoms with Gasteiger partial charge in [0.15, 0.2) is 5.69 Å². The van der Waals surface area contributed by atoms with Gasteiger partial charge in [-0.25, -0.2) is 4.68 Å². The van der Waals surface area contributed by atoms with Crippen molar-refractivity contribution in [2.45, 2.75) is 46.3 Å². The van der Waals surface area contributed by atoms with E-state index in [4.69, 9.17) is 4.74 Å². The van der Waals surface area contributed by atoms with Gasteiger partial charge < -0.3 is 15.4 Å². The zero-order valence-electron chi connectivity index (χ0n) is 15.8. The van der Waals surface area contributed by atoms with Crippen LogP contribution < -0.4 is 15.4 Å². The molecule has 1 saturated heterocycles. The van der Waals surface area contributed by atoms with E-state index in [-0.39, 0.29) is 18.1 Å². The minimum absolute atomic E-state index is 0.127. The molecule has 0 spiro atoms. The molecule has 1 aliphatic rings. The molecule has 140 valence electrons. The molecule has 2 atom stereocenters. The number of nitrogens with one attached hydrogen (secondary N) is 2. The Morgan fingerprint density at radius 1 is 1.35 bits per heavy atom. The molecule has 2 aromatic rings. The number of hydrogen-bond donors (Lipinski definition) is 2. The first-order valence-electron chi connectivity index (χ1n) is 9.16. The lowest BCUT2D eigenvalue weighted by molar-refractivity contribution is 0.0908. The summed E-state index contributed by atoms with van der Waals surface area (Å²) >= 11 is 0. The highest BCUT2D eigenvalue weighted by Crippen LogP contribution is 2.18.